The molecule has 2 N–H and O–H groups in total. The minimum absolute atomic E-state index is 0.0958. The van der Waals surface area contributed by atoms with Crippen LogP contribution in [-0.2, 0) is 9.59 Å². The summed E-state index contributed by atoms with van der Waals surface area (Å²) >= 11 is 7.53. The van der Waals surface area contributed by atoms with Crippen molar-refractivity contribution in [2.24, 2.45) is 5.92 Å². The first-order valence-corrected chi connectivity index (χ1v) is 11.0. The van der Waals surface area contributed by atoms with Gasteiger partial charge in [-0.2, -0.15) is 0 Å². The first-order valence-electron chi connectivity index (χ1n) is 9.61. The van der Waals surface area contributed by atoms with Crippen molar-refractivity contribution >= 4 is 46.6 Å². The Morgan fingerprint density at radius 1 is 1.04 bits per heavy atom. The third-order valence-corrected chi connectivity index (χ3v) is 6.30. The summed E-state index contributed by atoms with van der Waals surface area (Å²) in [4.78, 5) is 25.6. The van der Waals surface area contributed by atoms with Gasteiger partial charge in [-0.25, -0.2) is 0 Å². The molecule has 2 aromatic rings. The van der Waals surface area contributed by atoms with Gasteiger partial charge in [0.2, 0.25) is 11.8 Å². The van der Waals surface area contributed by atoms with Crippen LogP contribution in [0.15, 0.2) is 47.4 Å². The molecule has 0 aromatic heterocycles. The van der Waals surface area contributed by atoms with Crippen LogP contribution in [0.3, 0.4) is 0 Å². The second-order valence-corrected chi connectivity index (χ2v) is 8.61. The molecule has 0 radical (unpaired) electrons. The Hall–Kier alpha value is -1.98. The molecule has 28 heavy (non-hydrogen) atoms. The topological polar surface area (TPSA) is 58.2 Å². The number of nitrogens with one attached hydrogen (secondary N) is 2. The lowest BCUT2D eigenvalue weighted by atomic mass is 9.88. The standard InChI is InChI=1S/C22H25ClN2O2S/c1-15-10-11-18(13-20(15)23)24-21(26)14-28-19-9-5-8-17(12-19)25-22(27)16-6-3-2-4-7-16/h5,8-13,16H,2-4,6-7,14H2,1H3,(H,24,26)(H,25,27). The SMILES string of the molecule is Cc1ccc(NC(=O)CSc2cccc(NC(=O)C3CCCCC3)c2)cc1Cl. The van der Waals surface area contributed by atoms with Crippen LogP contribution in [0.2, 0.25) is 5.02 Å². The zero-order valence-corrected chi connectivity index (χ0v) is 17.5. The maximum absolute atomic E-state index is 12.4. The minimum atomic E-state index is -0.0958. The van der Waals surface area contributed by atoms with Crippen molar-refractivity contribution in [2.45, 2.75) is 43.9 Å². The number of hydrogen-bond donors (Lipinski definition) is 2. The molecule has 4 nitrogen and oxygen atoms in total. The van der Waals surface area contributed by atoms with Gasteiger partial charge in [0, 0.05) is 27.2 Å². The molecule has 0 spiro atoms. The number of hydrogen-bond acceptors (Lipinski definition) is 3. The molecule has 1 aliphatic rings. The average Bonchev–Trinajstić information content (AvgIpc) is 2.70. The Bertz CT molecular complexity index is 850. The fraction of sp³-hybridized carbons (Fsp3) is 0.364. The molecule has 6 heteroatoms. The summed E-state index contributed by atoms with van der Waals surface area (Å²) in [5, 5.41) is 6.51. The van der Waals surface area contributed by atoms with Crippen molar-refractivity contribution in [3.05, 3.63) is 53.1 Å². The summed E-state index contributed by atoms with van der Waals surface area (Å²) < 4.78 is 0. The highest BCUT2D eigenvalue weighted by Gasteiger charge is 2.21. The molecule has 2 aromatic carbocycles. The van der Waals surface area contributed by atoms with E-state index in [0.29, 0.717) is 10.7 Å². The number of amides is 2. The Balaban J connectivity index is 1.51. The van der Waals surface area contributed by atoms with Gasteiger partial charge in [0.05, 0.1) is 5.75 Å². The van der Waals surface area contributed by atoms with E-state index in [-0.39, 0.29) is 23.5 Å². The van der Waals surface area contributed by atoms with Crippen molar-refractivity contribution < 1.29 is 9.59 Å². The molecule has 148 valence electrons. The highest BCUT2D eigenvalue weighted by molar-refractivity contribution is 8.00. The van der Waals surface area contributed by atoms with E-state index in [0.717, 1.165) is 41.8 Å². The summed E-state index contributed by atoms with van der Waals surface area (Å²) in [6.45, 7) is 1.92. The predicted octanol–water partition coefficient (Wildman–Crippen LogP) is 5.90. The Labute approximate surface area is 175 Å². The fourth-order valence-electron chi connectivity index (χ4n) is 3.29. The van der Waals surface area contributed by atoms with Crippen molar-refractivity contribution in [1.82, 2.24) is 0 Å². The Morgan fingerprint density at radius 2 is 1.79 bits per heavy atom. The molecule has 2 amide bonds. The first kappa shape index (κ1) is 20.7. The quantitative estimate of drug-likeness (QED) is 0.576. The lowest BCUT2D eigenvalue weighted by molar-refractivity contribution is -0.120. The maximum Gasteiger partial charge on any atom is 0.234 e. The van der Waals surface area contributed by atoms with Gasteiger partial charge in [0.15, 0.2) is 0 Å². The second-order valence-electron chi connectivity index (χ2n) is 7.15. The minimum Gasteiger partial charge on any atom is -0.326 e. The summed E-state index contributed by atoms with van der Waals surface area (Å²) in [6, 6.07) is 13.1. The predicted molar refractivity (Wildman–Crippen MR) is 117 cm³/mol. The number of benzene rings is 2. The molecule has 0 atom stereocenters. The van der Waals surface area contributed by atoms with Gasteiger partial charge in [0.1, 0.15) is 0 Å². The van der Waals surface area contributed by atoms with Crippen molar-refractivity contribution in [2.75, 3.05) is 16.4 Å². The summed E-state index contributed by atoms with van der Waals surface area (Å²) in [7, 11) is 0. The van der Waals surface area contributed by atoms with Gasteiger partial charge in [-0.15, -0.1) is 11.8 Å². The van der Waals surface area contributed by atoms with E-state index in [1.807, 2.05) is 43.3 Å². The van der Waals surface area contributed by atoms with E-state index < -0.39 is 0 Å². The molecular weight excluding hydrogens is 392 g/mol. The van der Waals surface area contributed by atoms with Gasteiger partial charge in [0.25, 0.3) is 0 Å². The van der Waals surface area contributed by atoms with Crippen LogP contribution in [0.4, 0.5) is 11.4 Å². The monoisotopic (exact) mass is 416 g/mol. The zero-order valence-electron chi connectivity index (χ0n) is 16.0. The van der Waals surface area contributed by atoms with Crippen LogP contribution in [0, 0.1) is 12.8 Å². The number of carbonyl (C=O) groups is 2. The van der Waals surface area contributed by atoms with Gasteiger partial charge >= 0.3 is 0 Å². The summed E-state index contributed by atoms with van der Waals surface area (Å²) in [6.07, 6.45) is 5.45. The van der Waals surface area contributed by atoms with Gasteiger partial charge in [-0.1, -0.05) is 43.0 Å². The Morgan fingerprint density at radius 3 is 2.54 bits per heavy atom. The number of thioether (sulfide) groups is 1. The maximum atomic E-state index is 12.4. The number of carbonyl (C=O) groups excluding carboxylic acids is 2. The molecule has 0 heterocycles. The zero-order chi connectivity index (χ0) is 19.9. The third-order valence-electron chi connectivity index (χ3n) is 4.90. The van der Waals surface area contributed by atoms with E-state index in [1.165, 1.54) is 18.2 Å². The number of rotatable bonds is 6. The highest BCUT2D eigenvalue weighted by Crippen LogP contribution is 2.27. The largest absolute Gasteiger partial charge is 0.326 e. The molecule has 0 bridgehead atoms. The molecule has 0 aliphatic heterocycles. The fourth-order valence-corrected chi connectivity index (χ4v) is 4.22. The van der Waals surface area contributed by atoms with E-state index in [1.54, 1.807) is 6.07 Å². The molecule has 1 aliphatic carbocycles. The van der Waals surface area contributed by atoms with Crippen molar-refractivity contribution in [1.29, 1.82) is 0 Å². The number of halogens is 1. The third kappa shape index (κ3) is 6.01. The normalized spacial score (nSPS) is 14.5. The average molecular weight is 417 g/mol. The number of anilines is 2. The first-order chi connectivity index (χ1) is 13.5. The lowest BCUT2D eigenvalue weighted by Crippen LogP contribution is -2.24. The molecule has 0 saturated heterocycles. The van der Waals surface area contributed by atoms with E-state index in [4.69, 9.17) is 11.6 Å². The van der Waals surface area contributed by atoms with Gasteiger partial charge < -0.3 is 10.6 Å². The molecule has 1 saturated carbocycles. The van der Waals surface area contributed by atoms with Crippen LogP contribution in [-0.4, -0.2) is 17.6 Å². The number of aryl methyl sites for hydroxylation is 1. The second kappa shape index (κ2) is 9.99. The van der Waals surface area contributed by atoms with Gasteiger partial charge in [-0.3, -0.25) is 9.59 Å². The molecule has 3 rings (SSSR count). The van der Waals surface area contributed by atoms with Gasteiger partial charge in [-0.05, 0) is 55.7 Å². The Kier molecular flexibility index (Phi) is 7.40. The van der Waals surface area contributed by atoms with Crippen molar-refractivity contribution in [3.8, 4) is 0 Å². The highest BCUT2D eigenvalue weighted by atomic mass is 35.5. The van der Waals surface area contributed by atoms with Crippen LogP contribution in [0.5, 0.6) is 0 Å². The molecular formula is C22H25ClN2O2S. The smallest absolute Gasteiger partial charge is 0.234 e. The summed E-state index contributed by atoms with van der Waals surface area (Å²) in [5.41, 5.74) is 2.45. The molecule has 0 unspecified atom stereocenters. The summed E-state index contributed by atoms with van der Waals surface area (Å²) in [5.74, 6) is 0.417. The lowest BCUT2D eigenvalue weighted by Gasteiger charge is -2.20. The molecule has 1 fully saturated rings. The van der Waals surface area contributed by atoms with E-state index in [9.17, 15) is 9.59 Å². The van der Waals surface area contributed by atoms with Crippen LogP contribution in [0.1, 0.15) is 37.7 Å². The van der Waals surface area contributed by atoms with Crippen molar-refractivity contribution in [3.63, 3.8) is 0 Å². The van der Waals surface area contributed by atoms with E-state index in [2.05, 4.69) is 10.6 Å². The van der Waals surface area contributed by atoms with Crippen LogP contribution in [0.25, 0.3) is 0 Å². The van der Waals surface area contributed by atoms with Crippen LogP contribution >= 0.6 is 23.4 Å². The van der Waals surface area contributed by atoms with E-state index >= 15 is 0 Å². The van der Waals surface area contributed by atoms with Crippen LogP contribution < -0.4 is 10.6 Å².